The molecule has 1 aromatic heterocycles. The van der Waals surface area contributed by atoms with Gasteiger partial charge in [0.05, 0.1) is 30.2 Å². The van der Waals surface area contributed by atoms with Gasteiger partial charge in [-0.05, 0) is 38.5 Å². The van der Waals surface area contributed by atoms with Crippen LogP contribution < -0.4 is 10.1 Å². The van der Waals surface area contributed by atoms with E-state index in [1.54, 1.807) is 29.8 Å². The van der Waals surface area contributed by atoms with E-state index in [-0.39, 0.29) is 0 Å². The lowest BCUT2D eigenvalue weighted by molar-refractivity contribution is -0.119. The largest absolute Gasteiger partial charge is 0.492 e. The summed E-state index contributed by atoms with van der Waals surface area (Å²) in [7, 11) is 0. The highest BCUT2D eigenvalue weighted by Gasteiger charge is 2.21. The number of rotatable bonds is 8. The first kappa shape index (κ1) is 21.1. The topological polar surface area (TPSA) is 82.4 Å². The van der Waals surface area contributed by atoms with Gasteiger partial charge in [0.25, 0.3) is 5.91 Å². The Morgan fingerprint density at radius 3 is 2.47 bits per heavy atom. The summed E-state index contributed by atoms with van der Waals surface area (Å²) in [5, 5.41) is 7.16. The van der Waals surface area contributed by atoms with Crippen molar-refractivity contribution in [1.82, 2.24) is 9.78 Å². The first-order chi connectivity index (χ1) is 14.5. The summed E-state index contributed by atoms with van der Waals surface area (Å²) in [5.41, 5.74) is 3.26. The molecule has 156 valence electrons. The zero-order chi connectivity index (χ0) is 21.5. The summed E-state index contributed by atoms with van der Waals surface area (Å²) in [5.74, 6) is -0.450. The van der Waals surface area contributed by atoms with Gasteiger partial charge in [0.1, 0.15) is 11.3 Å². The molecule has 2 aromatic carbocycles. The highest BCUT2D eigenvalue weighted by atomic mass is 16.5. The SMILES string of the molecule is CCOc1ccccc1NC(=O)COC(=O)c1c(C)nn(Cc2ccccc2)c1C. The highest BCUT2D eigenvalue weighted by molar-refractivity contribution is 5.97. The normalized spacial score (nSPS) is 10.5. The summed E-state index contributed by atoms with van der Waals surface area (Å²) in [6.07, 6.45) is 0. The maximum atomic E-state index is 12.6. The van der Waals surface area contributed by atoms with E-state index in [9.17, 15) is 9.59 Å². The van der Waals surface area contributed by atoms with E-state index >= 15 is 0 Å². The smallest absolute Gasteiger partial charge is 0.342 e. The summed E-state index contributed by atoms with van der Waals surface area (Å²) in [4.78, 5) is 24.9. The van der Waals surface area contributed by atoms with Crippen molar-refractivity contribution in [2.45, 2.75) is 27.3 Å². The molecule has 7 nitrogen and oxygen atoms in total. The summed E-state index contributed by atoms with van der Waals surface area (Å²) < 4.78 is 12.5. The van der Waals surface area contributed by atoms with Crippen LogP contribution in [-0.4, -0.2) is 34.9 Å². The summed E-state index contributed by atoms with van der Waals surface area (Å²) in [6, 6.07) is 17.0. The molecule has 30 heavy (non-hydrogen) atoms. The molecule has 1 amide bonds. The van der Waals surface area contributed by atoms with Gasteiger partial charge >= 0.3 is 5.97 Å². The van der Waals surface area contributed by atoms with Gasteiger partial charge in [-0.15, -0.1) is 0 Å². The molecule has 0 unspecified atom stereocenters. The average molecular weight is 407 g/mol. The Hall–Kier alpha value is -3.61. The zero-order valence-corrected chi connectivity index (χ0v) is 17.3. The Morgan fingerprint density at radius 1 is 1.03 bits per heavy atom. The fourth-order valence-electron chi connectivity index (χ4n) is 3.14. The Labute approximate surface area is 175 Å². The van der Waals surface area contributed by atoms with Crippen molar-refractivity contribution in [1.29, 1.82) is 0 Å². The van der Waals surface area contributed by atoms with Gasteiger partial charge in [-0.25, -0.2) is 4.79 Å². The third-order valence-corrected chi connectivity index (χ3v) is 4.56. The number of amides is 1. The minimum Gasteiger partial charge on any atom is -0.492 e. The molecule has 3 aromatic rings. The van der Waals surface area contributed by atoms with Crippen LogP contribution in [0.3, 0.4) is 0 Å². The molecule has 0 saturated heterocycles. The van der Waals surface area contributed by atoms with Gasteiger partial charge in [0.15, 0.2) is 6.61 Å². The van der Waals surface area contributed by atoms with E-state index in [2.05, 4.69) is 10.4 Å². The number of hydrogen-bond acceptors (Lipinski definition) is 5. The van der Waals surface area contributed by atoms with Gasteiger partial charge in [-0.3, -0.25) is 9.48 Å². The molecule has 0 bridgehead atoms. The second kappa shape index (κ2) is 9.73. The highest BCUT2D eigenvalue weighted by Crippen LogP contribution is 2.23. The van der Waals surface area contributed by atoms with Crippen LogP contribution in [0.2, 0.25) is 0 Å². The third-order valence-electron chi connectivity index (χ3n) is 4.56. The van der Waals surface area contributed by atoms with Crippen LogP contribution in [0, 0.1) is 13.8 Å². The standard InChI is InChI=1S/C23H25N3O4/c1-4-29-20-13-9-8-12-19(20)24-21(27)15-30-23(28)22-16(2)25-26(17(22)3)14-18-10-6-5-7-11-18/h5-13H,4,14-15H2,1-3H3,(H,24,27). The van der Waals surface area contributed by atoms with Gasteiger partial charge < -0.3 is 14.8 Å². The van der Waals surface area contributed by atoms with Crippen LogP contribution in [0.25, 0.3) is 0 Å². The minimum absolute atomic E-state index is 0.383. The number of esters is 1. The number of benzene rings is 2. The van der Waals surface area contributed by atoms with Crippen molar-refractivity contribution in [3.05, 3.63) is 77.1 Å². The summed E-state index contributed by atoms with van der Waals surface area (Å²) in [6.45, 7) is 6.06. The van der Waals surface area contributed by atoms with E-state index in [1.165, 1.54) is 0 Å². The number of nitrogens with one attached hydrogen (secondary N) is 1. The molecule has 0 radical (unpaired) electrons. The van der Waals surface area contributed by atoms with E-state index in [4.69, 9.17) is 9.47 Å². The van der Waals surface area contributed by atoms with Crippen LogP contribution >= 0.6 is 0 Å². The van der Waals surface area contributed by atoms with Crippen LogP contribution in [0.15, 0.2) is 54.6 Å². The molecule has 0 spiro atoms. The van der Waals surface area contributed by atoms with Crippen molar-refractivity contribution >= 4 is 17.6 Å². The monoisotopic (exact) mass is 407 g/mol. The lowest BCUT2D eigenvalue weighted by Gasteiger charge is -2.11. The van der Waals surface area contributed by atoms with Gasteiger partial charge in [-0.2, -0.15) is 5.10 Å². The molecule has 3 rings (SSSR count). The quantitative estimate of drug-likeness (QED) is 0.575. The first-order valence-electron chi connectivity index (χ1n) is 9.76. The number of anilines is 1. The lowest BCUT2D eigenvalue weighted by atomic mass is 10.2. The molecule has 0 atom stereocenters. The molecule has 0 fully saturated rings. The number of nitrogens with zero attached hydrogens (tertiary/aromatic N) is 2. The van der Waals surface area contributed by atoms with E-state index in [1.807, 2.05) is 50.2 Å². The maximum absolute atomic E-state index is 12.6. The summed E-state index contributed by atoms with van der Waals surface area (Å²) >= 11 is 0. The number of carbonyl (C=O) groups is 2. The molecule has 1 N–H and O–H groups in total. The van der Waals surface area contributed by atoms with Crippen molar-refractivity contribution < 1.29 is 19.1 Å². The zero-order valence-electron chi connectivity index (χ0n) is 17.3. The predicted molar refractivity (Wildman–Crippen MR) is 114 cm³/mol. The number of aromatic nitrogens is 2. The van der Waals surface area contributed by atoms with Crippen LogP contribution in [0.5, 0.6) is 5.75 Å². The van der Waals surface area contributed by atoms with Gasteiger partial charge in [0.2, 0.25) is 0 Å². The van der Waals surface area contributed by atoms with Crippen molar-refractivity contribution in [2.75, 3.05) is 18.5 Å². The number of ether oxygens (including phenoxy) is 2. The fraction of sp³-hybridized carbons (Fsp3) is 0.261. The first-order valence-corrected chi connectivity index (χ1v) is 9.76. The van der Waals surface area contributed by atoms with Crippen LogP contribution in [0.4, 0.5) is 5.69 Å². The number of hydrogen-bond donors (Lipinski definition) is 1. The Morgan fingerprint density at radius 2 is 1.73 bits per heavy atom. The average Bonchev–Trinajstić information content (AvgIpc) is 3.01. The van der Waals surface area contributed by atoms with Crippen LogP contribution in [-0.2, 0) is 16.1 Å². The molecule has 0 aliphatic carbocycles. The number of para-hydroxylation sites is 2. The van der Waals surface area contributed by atoms with Crippen molar-refractivity contribution in [3.8, 4) is 5.75 Å². The lowest BCUT2D eigenvalue weighted by Crippen LogP contribution is -2.21. The molecule has 0 aliphatic rings. The van der Waals surface area contributed by atoms with E-state index < -0.39 is 18.5 Å². The minimum atomic E-state index is -0.572. The third kappa shape index (κ3) is 5.05. The Balaban J connectivity index is 1.63. The predicted octanol–water partition coefficient (Wildman–Crippen LogP) is 3.74. The Bertz CT molecular complexity index is 1030. The number of carbonyl (C=O) groups excluding carboxylic acids is 2. The van der Waals surface area contributed by atoms with Gasteiger partial charge in [0, 0.05) is 0 Å². The van der Waals surface area contributed by atoms with Crippen molar-refractivity contribution in [2.24, 2.45) is 0 Å². The van der Waals surface area contributed by atoms with Gasteiger partial charge in [-0.1, -0.05) is 42.5 Å². The molecule has 0 aliphatic heterocycles. The molecule has 1 heterocycles. The molecule has 7 heteroatoms. The second-order valence-corrected chi connectivity index (χ2v) is 6.74. The number of aryl methyl sites for hydroxylation is 1. The van der Waals surface area contributed by atoms with Crippen molar-refractivity contribution in [3.63, 3.8) is 0 Å². The molecular weight excluding hydrogens is 382 g/mol. The molecule has 0 saturated carbocycles. The molecular formula is C23H25N3O4. The van der Waals surface area contributed by atoms with Crippen LogP contribution in [0.1, 0.15) is 34.2 Å². The van der Waals surface area contributed by atoms with E-state index in [0.29, 0.717) is 41.5 Å². The Kier molecular flexibility index (Phi) is 6.85. The van der Waals surface area contributed by atoms with E-state index in [0.717, 1.165) is 5.56 Å². The maximum Gasteiger partial charge on any atom is 0.342 e. The second-order valence-electron chi connectivity index (χ2n) is 6.74. The fourth-order valence-corrected chi connectivity index (χ4v) is 3.14.